The van der Waals surface area contributed by atoms with Gasteiger partial charge in [-0.15, -0.1) is 0 Å². The number of carbonyl (C=O) groups is 2. The molecule has 66 valence electrons. The van der Waals surface area contributed by atoms with Crippen molar-refractivity contribution in [2.24, 2.45) is 11.8 Å². The Kier molecular flexibility index (Phi) is 2.46. The van der Waals surface area contributed by atoms with Gasteiger partial charge in [0.05, 0.1) is 0 Å². The number of allylic oxidation sites excluding steroid dienone is 2. The fourth-order valence-corrected chi connectivity index (χ4v) is 2.01. The summed E-state index contributed by atoms with van der Waals surface area (Å²) in [6, 6.07) is 0. The van der Waals surface area contributed by atoms with Crippen LogP contribution in [0.5, 0.6) is 0 Å². The van der Waals surface area contributed by atoms with E-state index in [0.717, 1.165) is 5.57 Å². The monoisotopic (exact) mass is 166 g/mol. The van der Waals surface area contributed by atoms with Crippen LogP contribution in [0.1, 0.15) is 27.2 Å². The minimum absolute atomic E-state index is 0.0253. The maximum Gasteiger partial charge on any atom is 0.155 e. The molecule has 0 bridgehead atoms. The number of hydrogen-bond donors (Lipinski definition) is 0. The summed E-state index contributed by atoms with van der Waals surface area (Å²) in [5, 5.41) is 0. The number of Topliss-reactive ketones (excluding diaryl/α,β-unsaturated/α-hetero) is 1. The highest BCUT2D eigenvalue weighted by Gasteiger charge is 2.28. The smallest absolute Gasteiger partial charge is 0.155 e. The molecule has 2 atom stereocenters. The summed E-state index contributed by atoms with van der Waals surface area (Å²) in [7, 11) is 0. The van der Waals surface area contributed by atoms with Crippen LogP contribution in [0.25, 0.3) is 0 Å². The van der Waals surface area contributed by atoms with Gasteiger partial charge in [-0.1, -0.05) is 12.5 Å². The van der Waals surface area contributed by atoms with E-state index in [1.807, 2.05) is 13.8 Å². The highest BCUT2D eigenvalue weighted by Crippen LogP contribution is 2.28. The SMILES string of the molecule is CC(=O)C1C(C)=CC(=O)CC1C. The molecule has 1 aliphatic rings. The van der Waals surface area contributed by atoms with Crippen LogP contribution >= 0.6 is 0 Å². The Morgan fingerprint density at radius 2 is 2.17 bits per heavy atom. The van der Waals surface area contributed by atoms with Crippen molar-refractivity contribution < 1.29 is 9.59 Å². The molecule has 0 amide bonds. The maximum atomic E-state index is 11.2. The zero-order valence-electron chi connectivity index (χ0n) is 7.76. The number of ketones is 2. The summed E-state index contributed by atoms with van der Waals surface area (Å²) in [4.78, 5) is 22.2. The summed E-state index contributed by atoms with van der Waals surface area (Å²) >= 11 is 0. The molecule has 0 aromatic rings. The third-order valence-corrected chi connectivity index (χ3v) is 2.41. The molecule has 0 spiro atoms. The number of carbonyl (C=O) groups excluding carboxylic acids is 2. The van der Waals surface area contributed by atoms with Crippen LogP contribution < -0.4 is 0 Å². The van der Waals surface area contributed by atoms with Gasteiger partial charge in [-0.25, -0.2) is 0 Å². The summed E-state index contributed by atoms with van der Waals surface area (Å²) in [5.74, 6) is 0.476. The van der Waals surface area contributed by atoms with Gasteiger partial charge < -0.3 is 0 Å². The molecule has 0 heterocycles. The van der Waals surface area contributed by atoms with E-state index in [1.54, 1.807) is 13.0 Å². The van der Waals surface area contributed by atoms with Gasteiger partial charge in [0.1, 0.15) is 5.78 Å². The van der Waals surface area contributed by atoms with Gasteiger partial charge in [-0.3, -0.25) is 9.59 Å². The highest BCUT2D eigenvalue weighted by molar-refractivity contribution is 5.94. The van der Waals surface area contributed by atoms with E-state index < -0.39 is 0 Å². The van der Waals surface area contributed by atoms with E-state index in [2.05, 4.69) is 0 Å². The Labute approximate surface area is 72.7 Å². The van der Waals surface area contributed by atoms with Gasteiger partial charge in [0.2, 0.25) is 0 Å². The minimum Gasteiger partial charge on any atom is -0.299 e. The molecule has 0 fully saturated rings. The van der Waals surface area contributed by atoms with Gasteiger partial charge in [0, 0.05) is 12.3 Å². The van der Waals surface area contributed by atoms with Crippen molar-refractivity contribution in [1.82, 2.24) is 0 Å². The molecular formula is C10H14O2. The van der Waals surface area contributed by atoms with Gasteiger partial charge in [-0.05, 0) is 25.8 Å². The molecule has 0 radical (unpaired) electrons. The predicted molar refractivity (Wildman–Crippen MR) is 46.7 cm³/mol. The zero-order chi connectivity index (χ0) is 9.30. The van der Waals surface area contributed by atoms with E-state index >= 15 is 0 Å². The minimum atomic E-state index is -0.0253. The molecule has 0 aliphatic heterocycles. The average Bonchev–Trinajstić information content (AvgIpc) is 1.82. The first-order chi connectivity index (χ1) is 5.52. The van der Waals surface area contributed by atoms with Crippen LogP contribution in [0, 0.1) is 11.8 Å². The predicted octanol–water partition coefficient (Wildman–Crippen LogP) is 1.75. The zero-order valence-corrected chi connectivity index (χ0v) is 7.76. The topological polar surface area (TPSA) is 34.1 Å². The van der Waals surface area contributed by atoms with Crippen LogP contribution in [0.4, 0.5) is 0 Å². The molecule has 0 N–H and O–H groups in total. The van der Waals surface area contributed by atoms with Crippen LogP contribution in [-0.4, -0.2) is 11.6 Å². The average molecular weight is 166 g/mol. The molecule has 2 nitrogen and oxygen atoms in total. The first kappa shape index (κ1) is 9.17. The Balaban J connectivity index is 2.93. The fraction of sp³-hybridized carbons (Fsp3) is 0.600. The standard InChI is InChI=1S/C10H14O2/c1-6-4-9(12)5-7(2)10(6)8(3)11/h4,7,10H,5H2,1-3H3. The lowest BCUT2D eigenvalue weighted by Crippen LogP contribution is -2.27. The van der Waals surface area contributed by atoms with E-state index in [1.165, 1.54) is 0 Å². The number of rotatable bonds is 1. The van der Waals surface area contributed by atoms with Crippen LogP contribution in [-0.2, 0) is 9.59 Å². The van der Waals surface area contributed by atoms with Gasteiger partial charge >= 0.3 is 0 Å². The number of hydrogen-bond acceptors (Lipinski definition) is 2. The summed E-state index contributed by atoms with van der Waals surface area (Å²) in [6.45, 7) is 5.41. The molecular weight excluding hydrogens is 152 g/mol. The maximum absolute atomic E-state index is 11.2. The Morgan fingerprint density at radius 1 is 1.58 bits per heavy atom. The largest absolute Gasteiger partial charge is 0.299 e. The van der Waals surface area contributed by atoms with Gasteiger partial charge in [0.15, 0.2) is 5.78 Å². The summed E-state index contributed by atoms with van der Waals surface area (Å²) in [5.41, 5.74) is 0.922. The molecule has 12 heavy (non-hydrogen) atoms. The first-order valence-corrected chi connectivity index (χ1v) is 4.24. The van der Waals surface area contributed by atoms with Crippen molar-refractivity contribution in [3.8, 4) is 0 Å². The fourth-order valence-electron chi connectivity index (χ4n) is 2.01. The lowest BCUT2D eigenvalue weighted by molar-refractivity contribution is -0.122. The van der Waals surface area contributed by atoms with Crippen molar-refractivity contribution in [2.45, 2.75) is 27.2 Å². The Hall–Kier alpha value is -0.920. The van der Waals surface area contributed by atoms with Crippen LogP contribution in [0.3, 0.4) is 0 Å². The van der Waals surface area contributed by atoms with Gasteiger partial charge in [0.25, 0.3) is 0 Å². The Bertz CT molecular complexity index is 251. The van der Waals surface area contributed by atoms with Gasteiger partial charge in [-0.2, -0.15) is 0 Å². The van der Waals surface area contributed by atoms with Crippen molar-refractivity contribution in [3.05, 3.63) is 11.6 Å². The third kappa shape index (κ3) is 1.63. The van der Waals surface area contributed by atoms with Crippen molar-refractivity contribution >= 4 is 11.6 Å². The molecule has 2 unspecified atom stereocenters. The second kappa shape index (κ2) is 3.21. The first-order valence-electron chi connectivity index (χ1n) is 4.24. The van der Waals surface area contributed by atoms with E-state index in [4.69, 9.17) is 0 Å². The highest BCUT2D eigenvalue weighted by atomic mass is 16.1. The molecule has 0 aromatic heterocycles. The quantitative estimate of drug-likeness (QED) is 0.594. The Morgan fingerprint density at radius 3 is 2.58 bits per heavy atom. The molecule has 1 rings (SSSR count). The van der Waals surface area contributed by atoms with E-state index in [9.17, 15) is 9.59 Å². The molecule has 0 saturated carbocycles. The second-order valence-corrected chi connectivity index (χ2v) is 3.62. The lowest BCUT2D eigenvalue weighted by Gasteiger charge is -2.25. The molecule has 0 aromatic carbocycles. The van der Waals surface area contributed by atoms with Crippen molar-refractivity contribution in [2.75, 3.05) is 0 Å². The van der Waals surface area contributed by atoms with E-state index in [-0.39, 0.29) is 23.4 Å². The molecule has 0 saturated heterocycles. The normalized spacial score (nSPS) is 29.9. The molecule has 2 heteroatoms. The molecule has 1 aliphatic carbocycles. The van der Waals surface area contributed by atoms with Crippen LogP contribution in [0.15, 0.2) is 11.6 Å². The summed E-state index contributed by atoms with van der Waals surface area (Å²) in [6.07, 6.45) is 2.12. The lowest BCUT2D eigenvalue weighted by atomic mass is 9.77. The summed E-state index contributed by atoms with van der Waals surface area (Å²) < 4.78 is 0. The van der Waals surface area contributed by atoms with Crippen LogP contribution in [0.2, 0.25) is 0 Å². The third-order valence-electron chi connectivity index (χ3n) is 2.41. The second-order valence-electron chi connectivity index (χ2n) is 3.62. The van der Waals surface area contributed by atoms with Crippen molar-refractivity contribution in [3.63, 3.8) is 0 Å². The van der Waals surface area contributed by atoms with E-state index in [0.29, 0.717) is 6.42 Å². The van der Waals surface area contributed by atoms with Crippen molar-refractivity contribution in [1.29, 1.82) is 0 Å².